The summed E-state index contributed by atoms with van der Waals surface area (Å²) in [7, 11) is 0. The van der Waals surface area contributed by atoms with E-state index in [1.807, 2.05) is 12.1 Å². The molecule has 114 valence electrons. The highest BCUT2D eigenvalue weighted by atomic mass is 16.3. The van der Waals surface area contributed by atoms with Gasteiger partial charge in [-0.15, -0.1) is 0 Å². The number of nitrogens with zero attached hydrogens (tertiary/aromatic N) is 1. The van der Waals surface area contributed by atoms with Crippen LogP contribution in [0.3, 0.4) is 0 Å². The van der Waals surface area contributed by atoms with Crippen LogP contribution in [0.2, 0.25) is 0 Å². The second-order valence-electron chi connectivity index (χ2n) is 5.55. The SMILES string of the molecule is CCN(CC)CCCC(C)NC(C)c1ccc(O)cc1. The summed E-state index contributed by atoms with van der Waals surface area (Å²) in [6.07, 6.45) is 2.43. The molecular formula is C17H30N2O. The number of hydrogen-bond donors (Lipinski definition) is 2. The molecule has 2 unspecified atom stereocenters. The molecule has 2 N–H and O–H groups in total. The van der Waals surface area contributed by atoms with Crippen LogP contribution in [0.25, 0.3) is 0 Å². The van der Waals surface area contributed by atoms with Gasteiger partial charge in [0.1, 0.15) is 5.75 Å². The summed E-state index contributed by atoms with van der Waals surface area (Å²) in [6.45, 7) is 12.3. The summed E-state index contributed by atoms with van der Waals surface area (Å²) in [6, 6.07) is 8.29. The van der Waals surface area contributed by atoms with Gasteiger partial charge in [-0.1, -0.05) is 26.0 Å². The summed E-state index contributed by atoms with van der Waals surface area (Å²) in [5.74, 6) is 0.327. The topological polar surface area (TPSA) is 35.5 Å². The van der Waals surface area contributed by atoms with Crippen molar-refractivity contribution in [3.63, 3.8) is 0 Å². The van der Waals surface area contributed by atoms with E-state index in [9.17, 15) is 5.11 Å². The van der Waals surface area contributed by atoms with Crippen molar-refractivity contribution in [3.05, 3.63) is 29.8 Å². The molecule has 0 bridgehead atoms. The van der Waals surface area contributed by atoms with Crippen molar-refractivity contribution < 1.29 is 5.11 Å². The number of benzene rings is 1. The fourth-order valence-electron chi connectivity index (χ4n) is 2.53. The van der Waals surface area contributed by atoms with Crippen molar-refractivity contribution in [1.82, 2.24) is 10.2 Å². The van der Waals surface area contributed by atoms with Gasteiger partial charge in [0.05, 0.1) is 0 Å². The van der Waals surface area contributed by atoms with E-state index in [1.54, 1.807) is 12.1 Å². The molecule has 2 atom stereocenters. The zero-order chi connectivity index (χ0) is 15.0. The molecule has 0 saturated heterocycles. The standard InChI is InChI=1S/C17H30N2O/c1-5-19(6-2)13-7-8-14(3)18-15(4)16-9-11-17(20)12-10-16/h9-12,14-15,18,20H,5-8,13H2,1-4H3. The lowest BCUT2D eigenvalue weighted by Gasteiger charge is -2.22. The van der Waals surface area contributed by atoms with Gasteiger partial charge in [0.2, 0.25) is 0 Å². The van der Waals surface area contributed by atoms with Gasteiger partial charge in [0, 0.05) is 12.1 Å². The first-order valence-electron chi connectivity index (χ1n) is 7.84. The normalized spacial score (nSPS) is 14.4. The highest BCUT2D eigenvalue weighted by Crippen LogP contribution is 2.17. The third-order valence-corrected chi connectivity index (χ3v) is 3.93. The Morgan fingerprint density at radius 1 is 1.10 bits per heavy atom. The number of phenols is 1. The van der Waals surface area contributed by atoms with E-state index in [0.29, 0.717) is 17.8 Å². The van der Waals surface area contributed by atoms with Crippen LogP contribution in [0.15, 0.2) is 24.3 Å². The summed E-state index contributed by atoms with van der Waals surface area (Å²) < 4.78 is 0. The molecular weight excluding hydrogens is 248 g/mol. The van der Waals surface area contributed by atoms with Gasteiger partial charge in [-0.05, 0) is 64.0 Å². The number of nitrogens with one attached hydrogen (secondary N) is 1. The number of phenolic OH excluding ortho intramolecular Hbond substituents is 1. The molecule has 0 radical (unpaired) electrons. The van der Waals surface area contributed by atoms with Gasteiger partial charge >= 0.3 is 0 Å². The van der Waals surface area contributed by atoms with Gasteiger partial charge < -0.3 is 15.3 Å². The smallest absolute Gasteiger partial charge is 0.115 e. The molecule has 0 heterocycles. The Morgan fingerprint density at radius 3 is 2.25 bits per heavy atom. The molecule has 3 nitrogen and oxygen atoms in total. The van der Waals surface area contributed by atoms with Crippen LogP contribution < -0.4 is 5.32 Å². The van der Waals surface area contributed by atoms with E-state index >= 15 is 0 Å². The van der Waals surface area contributed by atoms with Crippen molar-refractivity contribution in [2.75, 3.05) is 19.6 Å². The van der Waals surface area contributed by atoms with Gasteiger partial charge in [-0.3, -0.25) is 0 Å². The first-order chi connectivity index (χ1) is 9.56. The molecule has 3 heteroatoms. The van der Waals surface area contributed by atoms with E-state index in [4.69, 9.17) is 0 Å². The molecule has 0 saturated carbocycles. The van der Waals surface area contributed by atoms with Crippen molar-refractivity contribution in [2.45, 2.75) is 52.6 Å². The fourth-order valence-corrected chi connectivity index (χ4v) is 2.53. The zero-order valence-corrected chi connectivity index (χ0v) is 13.4. The summed E-state index contributed by atoms with van der Waals surface area (Å²) in [4.78, 5) is 2.47. The van der Waals surface area contributed by atoms with E-state index in [1.165, 1.54) is 24.9 Å². The Kier molecular flexibility index (Phi) is 7.63. The van der Waals surface area contributed by atoms with Crippen LogP contribution in [0.5, 0.6) is 5.75 Å². The van der Waals surface area contributed by atoms with E-state index < -0.39 is 0 Å². The van der Waals surface area contributed by atoms with E-state index in [0.717, 1.165) is 13.1 Å². The van der Waals surface area contributed by atoms with Crippen molar-refractivity contribution in [1.29, 1.82) is 0 Å². The first-order valence-corrected chi connectivity index (χ1v) is 7.84. The average molecular weight is 278 g/mol. The maximum Gasteiger partial charge on any atom is 0.115 e. The van der Waals surface area contributed by atoms with Gasteiger partial charge in [-0.2, -0.15) is 0 Å². The fraction of sp³-hybridized carbons (Fsp3) is 0.647. The molecule has 0 aliphatic heterocycles. The monoisotopic (exact) mass is 278 g/mol. The second kappa shape index (κ2) is 8.98. The third-order valence-electron chi connectivity index (χ3n) is 3.93. The van der Waals surface area contributed by atoms with Crippen LogP contribution in [-0.2, 0) is 0 Å². The predicted octanol–water partition coefficient (Wildman–Crippen LogP) is 3.55. The van der Waals surface area contributed by atoms with E-state index in [-0.39, 0.29) is 0 Å². The predicted molar refractivity (Wildman–Crippen MR) is 86.1 cm³/mol. The molecule has 20 heavy (non-hydrogen) atoms. The molecule has 0 aromatic heterocycles. The lowest BCUT2D eigenvalue weighted by molar-refractivity contribution is 0.288. The van der Waals surface area contributed by atoms with Crippen LogP contribution >= 0.6 is 0 Å². The largest absolute Gasteiger partial charge is 0.508 e. The van der Waals surface area contributed by atoms with Crippen LogP contribution in [0, 0.1) is 0 Å². The summed E-state index contributed by atoms with van der Waals surface area (Å²) in [5, 5.41) is 12.9. The minimum atomic E-state index is 0.319. The Bertz CT molecular complexity index is 360. The molecule has 0 aliphatic carbocycles. The van der Waals surface area contributed by atoms with Crippen LogP contribution in [0.4, 0.5) is 0 Å². The first kappa shape index (κ1) is 17.0. The highest BCUT2D eigenvalue weighted by Gasteiger charge is 2.09. The Labute approximate surface area is 124 Å². The Morgan fingerprint density at radius 2 is 1.70 bits per heavy atom. The molecule has 1 aromatic carbocycles. The average Bonchev–Trinajstić information content (AvgIpc) is 2.44. The van der Waals surface area contributed by atoms with E-state index in [2.05, 4.69) is 37.9 Å². The van der Waals surface area contributed by atoms with Crippen LogP contribution in [-0.4, -0.2) is 35.7 Å². The van der Waals surface area contributed by atoms with Crippen molar-refractivity contribution >= 4 is 0 Å². The van der Waals surface area contributed by atoms with Gasteiger partial charge in [-0.25, -0.2) is 0 Å². The molecule has 0 aliphatic rings. The van der Waals surface area contributed by atoms with Gasteiger partial charge in [0.25, 0.3) is 0 Å². The maximum absolute atomic E-state index is 9.31. The number of aromatic hydroxyl groups is 1. The van der Waals surface area contributed by atoms with Crippen molar-refractivity contribution in [2.24, 2.45) is 0 Å². The molecule has 0 spiro atoms. The quantitative estimate of drug-likeness (QED) is 0.725. The second-order valence-corrected chi connectivity index (χ2v) is 5.55. The van der Waals surface area contributed by atoms with Gasteiger partial charge in [0.15, 0.2) is 0 Å². The molecule has 0 amide bonds. The third kappa shape index (κ3) is 5.93. The Balaban J connectivity index is 2.31. The zero-order valence-electron chi connectivity index (χ0n) is 13.4. The maximum atomic E-state index is 9.31. The number of hydrogen-bond acceptors (Lipinski definition) is 3. The van der Waals surface area contributed by atoms with Crippen LogP contribution in [0.1, 0.15) is 52.1 Å². The minimum Gasteiger partial charge on any atom is -0.508 e. The molecule has 0 fully saturated rings. The lowest BCUT2D eigenvalue weighted by Crippen LogP contribution is -2.30. The molecule has 1 aromatic rings. The highest BCUT2D eigenvalue weighted by molar-refractivity contribution is 5.27. The molecule has 1 rings (SSSR count). The summed E-state index contributed by atoms with van der Waals surface area (Å²) >= 11 is 0. The minimum absolute atomic E-state index is 0.319. The summed E-state index contributed by atoms with van der Waals surface area (Å²) in [5.41, 5.74) is 1.22. The Hall–Kier alpha value is -1.06. The lowest BCUT2D eigenvalue weighted by atomic mass is 10.1. The van der Waals surface area contributed by atoms with Crippen molar-refractivity contribution in [3.8, 4) is 5.75 Å². The number of rotatable bonds is 9.